The fraction of sp³-hybridized carbons (Fsp3) is 0.250. The maximum absolute atomic E-state index is 12.3. The number of rotatable bonds is 6. The first-order valence-electron chi connectivity index (χ1n) is 8.61. The van der Waals surface area contributed by atoms with Gasteiger partial charge in [-0.05, 0) is 48.9 Å². The molecule has 1 aliphatic rings. The average molecular weight is 352 g/mol. The zero-order chi connectivity index (χ0) is 17.9. The molecule has 2 heterocycles. The quantitative estimate of drug-likeness (QED) is 0.714. The number of benzene rings is 2. The predicted octanol–water partition coefficient (Wildman–Crippen LogP) is 2.95. The van der Waals surface area contributed by atoms with Gasteiger partial charge in [-0.25, -0.2) is 0 Å². The second-order valence-electron chi connectivity index (χ2n) is 6.10. The van der Waals surface area contributed by atoms with Crippen molar-refractivity contribution in [2.75, 3.05) is 13.4 Å². The monoisotopic (exact) mass is 352 g/mol. The van der Waals surface area contributed by atoms with E-state index in [9.17, 15) is 4.79 Å². The molecule has 134 valence electrons. The van der Waals surface area contributed by atoms with Crippen LogP contribution in [0, 0.1) is 0 Å². The van der Waals surface area contributed by atoms with Gasteiger partial charge in [0.15, 0.2) is 11.5 Å². The maximum Gasteiger partial charge on any atom is 0.252 e. The number of pyridine rings is 1. The highest BCUT2D eigenvalue weighted by Crippen LogP contribution is 2.32. The number of fused-ring (bicyclic) bond motifs is 2. The molecule has 3 aromatic rings. The summed E-state index contributed by atoms with van der Waals surface area (Å²) in [6.07, 6.45) is 0. The Hall–Kier alpha value is -2.99. The summed E-state index contributed by atoms with van der Waals surface area (Å²) < 4.78 is 16.2. The summed E-state index contributed by atoms with van der Waals surface area (Å²) in [7, 11) is 0. The summed E-state index contributed by atoms with van der Waals surface area (Å²) in [4.78, 5) is 15.2. The summed E-state index contributed by atoms with van der Waals surface area (Å²) in [5.41, 5.74) is 2.48. The fourth-order valence-corrected chi connectivity index (χ4v) is 3.01. The molecule has 0 aliphatic carbocycles. The summed E-state index contributed by atoms with van der Waals surface area (Å²) in [5.74, 6) is 2.33. The molecule has 0 atom stereocenters. The van der Waals surface area contributed by atoms with E-state index in [4.69, 9.17) is 14.2 Å². The molecule has 2 N–H and O–H groups in total. The Labute approximate surface area is 150 Å². The average Bonchev–Trinajstić information content (AvgIpc) is 3.10. The first-order chi connectivity index (χ1) is 12.7. The van der Waals surface area contributed by atoms with E-state index in [-0.39, 0.29) is 12.4 Å². The molecular weight excluding hydrogens is 332 g/mol. The molecule has 0 fully saturated rings. The van der Waals surface area contributed by atoms with Gasteiger partial charge in [0.25, 0.3) is 5.56 Å². The van der Waals surface area contributed by atoms with Gasteiger partial charge in [-0.2, -0.15) is 0 Å². The molecule has 6 heteroatoms. The zero-order valence-corrected chi connectivity index (χ0v) is 14.5. The first kappa shape index (κ1) is 16.5. The van der Waals surface area contributed by atoms with E-state index in [0.29, 0.717) is 25.3 Å². The Morgan fingerprint density at radius 2 is 1.96 bits per heavy atom. The van der Waals surface area contributed by atoms with Crippen molar-refractivity contribution in [3.8, 4) is 17.2 Å². The predicted molar refractivity (Wildman–Crippen MR) is 98.8 cm³/mol. The number of ether oxygens (including phenoxy) is 3. The third-order valence-corrected chi connectivity index (χ3v) is 4.29. The lowest BCUT2D eigenvalue weighted by Gasteiger charge is -2.08. The van der Waals surface area contributed by atoms with Gasteiger partial charge in [0, 0.05) is 29.6 Å². The Kier molecular flexibility index (Phi) is 4.50. The lowest BCUT2D eigenvalue weighted by Crippen LogP contribution is -2.20. The van der Waals surface area contributed by atoms with Crippen LogP contribution >= 0.6 is 0 Å². The molecule has 2 aromatic carbocycles. The van der Waals surface area contributed by atoms with Gasteiger partial charge in [0.1, 0.15) is 5.75 Å². The Morgan fingerprint density at radius 3 is 2.85 bits per heavy atom. The molecule has 0 spiro atoms. The van der Waals surface area contributed by atoms with Gasteiger partial charge in [-0.1, -0.05) is 6.07 Å². The van der Waals surface area contributed by atoms with Crippen LogP contribution in [0.1, 0.15) is 18.1 Å². The van der Waals surface area contributed by atoms with E-state index < -0.39 is 0 Å². The summed E-state index contributed by atoms with van der Waals surface area (Å²) in [5, 5.41) is 4.26. The van der Waals surface area contributed by atoms with Crippen LogP contribution in [0.25, 0.3) is 10.9 Å². The number of aromatic nitrogens is 1. The van der Waals surface area contributed by atoms with Crippen molar-refractivity contribution in [3.05, 3.63) is 63.9 Å². The molecule has 0 radical (unpaired) electrons. The molecule has 4 rings (SSSR count). The first-order valence-corrected chi connectivity index (χ1v) is 8.61. The van der Waals surface area contributed by atoms with Gasteiger partial charge >= 0.3 is 0 Å². The zero-order valence-electron chi connectivity index (χ0n) is 14.5. The third kappa shape index (κ3) is 3.36. The van der Waals surface area contributed by atoms with Crippen molar-refractivity contribution < 1.29 is 14.2 Å². The van der Waals surface area contributed by atoms with Crippen molar-refractivity contribution in [2.24, 2.45) is 0 Å². The molecular formula is C20H20N2O4. The number of nitrogens with one attached hydrogen (secondary N) is 2. The highest BCUT2D eigenvalue weighted by Gasteiger charge is 2.13. The van der Waals surface area contributed by atoms with E-state index in [1.165, 1.54) is 0 Å². The van der Waals surface area contributed by atoms with Crippen LogP contribution in [0.15, 0.2) is 47.3 Å². The number of aromatic amines is 1. The van der Waals surface area contributed by atoms with Crippen LogP contribution in [0.2, 0.25) is 0 Å². The van der Waals surface area contributed by atoms with Crippen molar-refractivity contribution in [3.63, 3.8) is 0 Å². The largest absolute Gasteiger partial charge is 0.494 e. The van der Waals surface area contributed by atoms with Crippen LogP contribution in [-0.2, 0) is 13.1 Å². The molecule has 0 saturated heterocycles. The van der Waals surface area contributed by atoms with Gasteiger partial charge in [-0.3, -0.25) is 4.79 Å². The molecule has 0 unspecified atom stereocenters. The minimum atomic E-state index is -0.0835. The van der Waals surface area contributed by atoms with Crippen molar-refractivity contribution in [2.45, 2.75) is 20.0 Å². The van der Waals surface area contributed by atoms with Crippen molar-refractivity contribution in [1.82, 2.24) is 10.3 Å². The molecule has 1 aromatic heterocycles. The molecule has 26 heavy (non-hydrogen) atoms. The number of H-pyrrole nitrogens is 1. The lowest BCUT2D eigenvalue weighted by molar-refractivity contribution is 0.174. The van der Waals surface area contributed by atoms with Gasteiger partial charge in [0.2, 0.25) is 6.79 Å². The van der Waals surface area contributed by atoms with Crippen LogP contribution in [-0.4, -0.2) is 18.4 Å². The normalized spacial score (nSPS) is 12.5. The van der Waals surface area contributed by atoms with Crippen molar-refractivity contribution in [1.29, 1.82) is 0 Å². The molecule has 0 amide bonds. The van der Waals surface area contributed by atoms with E-state index in [2.05, 4.69) is 10.3 Å². The highest BCUT2D eigenvalue weighted by molar-refractivity contribution is 5.80. The summed E-state index contributed by atoms with van der Waals surface area (Å²) in [6, 6.07) is 13.4. The van der Waals surface area contributed by atoms with Crippen LogP contribution in [0.3, 0.4) is 0 Å². The van der Waals surface area contributed by atoms with Gasteiger partial charge in [0.05, 0.1) is 6.61 Å². The van der Waals surface area contributed by atoms with Gasteiger partial charge < -0.3 is 24.5 Å². The smallest absolute Gasteiger partial charge is 0.252 e. The lowest BCUT2D eigenvalue weighted by atomic mass is 10.1. The SMILES string of the molecule is CCOc1ccc2[nH]c(=O)c(CNCc3ccc4c(c3)OCO4)cc2c1. The summed E-state index contributed by atoms with van der Waals surface area (Å²) in [6.45, 7) is 3.93. The Bertz CT molecular complexity index is 997. The highest BCUT2D eigenvalue weighted by atomic mass is 16.7. The second kappa shape index (κ2) is 7.09. The van der Waals surface area contributed by atoms with E-state index in [1.807, 2.05) is 49.4 Å². The topological polar surface area (TPSA) is 72.6 Å². The molecule has 0 bridgehead atoms. The van der Waals surface area contributed by atoms with Crippen molar-refractivity contribution >= 4 is 10.9 Å². The number of hydrogen-bond donors (Lipinski definition) is 2. The fourth-order valence-electron chi connectivity index (χ4n) is 3.01. The minimum Gasteiger partial charge on any atom is -0.494 e. The van der Waals surface area contributed by atoms with Crippen LogP contribution < -0.4 is 25.1 Å². The second-order valence-corrected chi connectivity index (χ2v) is 6.10. The van der Waals surface area contributed by atoms with Crippen LogP contribution in [0.5, 0.6) is 17.2 Å². The standard InChI is InChI=1S/C20H20N2O4/c1-2-24-16-4-5-17-14(9-16)8-15(20(23)22-17)11-21-10-13-3-6-18-19(7-13)26-12-25-18/h3-9,21H,2,10-12H2,1H3,(H,22,23). The van der Waals surface area contributed by atoms with E-state index in [1.54, 1.807) is 0 Å². The number of hydrogen-bond acceptors (Lipinski definition) is 5. The van der Waals surface area contributed by atoms with E-state index >= 15 is 0 Å². The molecule has 6 nitrogen and oxygen atoms in total. The molecule has 0 saturated carbocycles. The minimum absolute atomic E-state index is 0.0835. The Balaban J connectivity index is 1.47. The van der Waals surface area contributed by atoms with E-state index in [0.717, 1.165) is 33.7 Å². The molecule has 1 aliphatic heterocycles. The van der Waals surface area contributed by atoms with Gasteiger partial charge in [-0.15, -0.1) is 0 Å². The third-order valence-electron chi connectivity index (χ3n) is 4.29. The van der Waals surface area contributed by atoms with Crippen LogP contribution in [0.4, 0.5) is 0 Å². The summed E-state index contributed by atoms with van der Waals surface area (Å²) >= 11 is 0. The maximum atomic E-state index is 12.3. The Morgan fingerprint density at radius 1 is 1.08 bits per heavy atom.